The molecule has 1 amide bonds. The van der Waals surface area contributed by atoms with Crippen LogP contribution >= 0.6 is 34.8 Å². The monoisotopic (exact) mass is 352 g/mol. The van der Waals surface area contributed by atoms with Gasteiger partial charge in [0.2, 0.25) is 6.41 Å². The zero-order valence-electron chi connectivity index (χ0n) is 11.1. The number of unbranched alkanes of at least 4 members (excludes halogenated alkanes) is 1. The van der Waals surface area contributed by atoms with Gasteiger partial charge in [-0.2, -0.15) is 0 Å². The summed E-state index contributed by atoms with van der Waals surface area (Å²) in [6, 6.07) is 2.14. The molecule has 1 atom stereocenters. The molecule has 116 valence electrons. The number of amides is 1. The van der Waals surface area contributed by atoms with Crippen LogP contribution in [-0.2, 0) is 9.59 Å². The van der Waals surface area contributed by atoms with Gasteiger partial charge in [-0.25, -0.2) is 4.79 Å². The highest BCUT2D eigenvalue weighted by molar-refractivity contribution is 6.48. The molecule has 0 spiro atoms. The Labute approximate surface area is 137 Å². The number of rotatable bonds is 8. The third-order valence-corrected chi connectivity index (χ3v) is 3.99. The lowest BCUT2D eigenvalue weighted by Crippen LogP contribution is -2.38. The van der Waals surface area contributed by atoms with Gasteiger partial charge in [-0.3, -0.25) is 4.79 Å². The molecule has 8 heteroatoms. The van der Waals surface area contributed by atoms with Crippen molar-refractivity contribution in [2.24, 2.45) is 5.73 Å². The van der Waals surface area contributed by atoms with Crippen LogP contribution in [0.15, 0.2) is 12.1 Å². The molecular formula is C13H15Cl3N2O3. The van der Waals surface area contributed by atoms with Gasteiger partial charge >= 0.3 is 5.97 Å². The lowest BCUT2D eigenvalue weighted by atomic mass is 10.1. The molecule has 0 unspecified atom stereocenters. The quantitative estimate of drug-likeness (QED) is 0.247. The van der Waals surface area contributed by atoms with Crippen LogP contribution in [-0.4, -0.2) is 25.0 Å². The van der Waals surface area contributed by atoms with Crippen molar-refractivity contribution in [2.75, 3.05) is 6.54 Å². The van der Waals surface area contributed by atoms with Gasteiger partial charge in [0.15, 0.2) is 5.75 Å². The van der Waals surface area contributed by atoms with E-state index in [9.17, 15) is 9.59 Å². The number of nitrogens with two attached hydrogens (primary N) is 1. The molecule has 0 heterocycles. The topological polar surface area (TPSA) is 81.4 Å². The Balaban J connectivity index is 2.76. The van der Waals surface area contributed by atoms with E-state index < -0.39 is 12.0 Å². The number of carbonyl (C=O) groups is 2. The number of hydrogen-bond acceptors (Lipinski definition) is 4. The lowest BCUT2D eigenvalue weighted by molar-refractivity contribution is -0.138. The third-order valence-electron chi connectivity index (χ3n) is 2.71. The van der Waals surface area contributed by atoms with Crippen molar-refractivity contribution in [1.29, 1.82) is 0 Å². The maximum Gasteiger partial charge on any atom is 0.334 e. The summed E-state index contributed by atoms with van der Waals surface area (Å²) in [4.78, 5) is 22.6. The average molecular weight is 354 g/mol. The van der Waals surface area contributed by atoms with E-state index in [1.165, 1.54) is 12.1 Å². The summed E-state index contributed by atoms with van der Waals surface area (Å²) in [6.07, 6.45) is 2.31. The van der Waals surface area contributed by atoms with Crippen molar-refractivity contribution in [3.05, 3.63) is 27.2 Å². The van der Waals surface area contributed by atoms with E-state index in [-0.39, 0.29) is 20.8 Å². The van der Waals surface area contributed by atoms with Crippen molar-refractivity contribution < 1.29 is 14.3 Å². The van der Waals surface area contributed by atoms with Crippen molar-refractivity contribution in [3.63, 3.8) is 0 Å². The second-order valence-electron chi connectivity index (χ2n) is 4.22. The Morgan fingerprint density at radius 2 is 2.00 bits per heavy atom. The third kappa shape index (κ3) is 5.36. The highest BCUT2D eigenvalue weighted by Gasteiger charge is 2.21. The molecule has 21 heavy (non-hydrogen) atoms. The normalized spacial score (nSPS) is 11.8. The zero-order valence-corrected chi connectivity index (χ0v) is 13.3. The first-order valence-corrected chi connectivity index (χ1v) is 7.39. The SMILES string of the molecule is NCCCC[C@H](NC=O)C(=O)Oc1ccc(Cl)c(Cl)c1Cl. The van der Waals surface area contributed by atoms with Crippen LogP contribution in [0.2, 0.25) is 15.1 Å². The van der Waals surface area contributed by atoms with E-state index in [1.807, 2.05) is 0 Å². The van der Waals surface area contributed by atoms with E-state index in [2.05, 4.69) is 5.32 Å². The Morgan fingerprint density at radius 1 is 1.29 bits per heavy atom. The first-order chi connectivity index (χ1) is 10.0. The van der Waals surface area contributed by atoms with Gasteiger partial charge in [0, 0.05) is 0 Å². The molecule has 5 nitrogen and oxygen atoms in total. The van der Waals surface area contributed by atoms with Crippen molar-refractivity contribution in [3.8, 4) is 5.75 Å². The number of halogens is 3. The minimum absolute atomic E-state index is 0.0457. The molecule has 0 aliphatic heterocycles. The molecule has 1 aromatic carbocycles. The van der Waals surface area contributed by atoms with Crippen LogP contribution in [0.25, 0.3) is 0 Å². The largest absolute Gasteiger partial charge is 0.423 e. The predicted octanol–water partition coefficient (Wildman–Crippen LogP) is 2.80. The standard InChI is InChI=1S/C13H15Cl3N2O3/c14-8-4-5-10(12(16)11(8)15)21-13(20)9(18-7-19)3-1-2-6-17/h4-5,7,9H,1-3,6,17H2,(H,18,19)/t9-/m0/s1. The molecular weight excluding hydrogens is 339 g/mol. The van der Waals surface area contributed by atoms with E-state index in [0.717, 1.165) is 6.42 Å². The van der Waals surface area contributed by atoms with Crippen LogP contribution in [0.3, 0.4) is 0 Å². The van der Waals surface area contributed by atoms with Crippen LogP contribution in [0.1, 0.15) is 19.3 Å². The predicted molar refractivity (Wildman–Crippen MR) is 83.0 cm³/mol. The van der Waals surface area contributed by atoms with Crippen LogP contribution in [0, 0.1) is 0 Å². The summed E-state index contributed by atoms with van der Waals surface area (Å²) < 4.78 is 5.16. The van der Waals surface area contributed by atoms with Gasteiger partial charge < -0.3 is 15.8 Å². The van der Waals surface area contributed by atoms with Crippen molar-refractivity contribution in [1.82, 2.24) is 5.32 Å². The highest BCUT2D eigenvalue weighted by atomic mass is 35.5. The average Bonchev–Trinajstić information content (AvgIpc) is 2.47. The maximum absolute atomic E-state index is 12.0. The number of benzene rings is 1. The number of hydrogen-bond donors (Lipinski definition) is 2. The minimum Gasteiger partial charge on any atom is -0.423 e. The van der Waals surface area contributed by atoms with Crippen molar-refractivity contribution >= 4 is 47.2 Å². The molecule has 0 bridgehead atoms. The Hall–Kier alpha value is -1.01. The molecule has 0 fully saturated rings. The van der Waals surface area contributed by atoms with Gasteiger partial charge in [0.25, 0.3) is 0 Å². The second-order valence-corrected chi connectivity index (χ2v) is 5.38. The fraction of sp³-hybridized carbons (Fsp3) is 0.385. The summed E-state index contributed by atoms with van der Waals surface area (Å²) in [5.41, 5.74) is 5.39. The fourth-order valence-electron chi connectivity index (χ4n) is 1.61. The molecule has 1 rings (SSSR count). The number of carbonyl (C=O) groups excluding carboxylic acids is 2. The number of nitrogens with one attached hydrogen (secondary N) is 1. The maximum atomic E-state index is 12.0. The van der Waals surface area contributed by atoms with Gasteiger partial charge in [-0.05, 0) is 37.9 Å². The summed E-state index contributed by atoms with van der Waals surface area (Å²) in [5.74, 6) is -0.535. The molecule has 3 N–H and O–H groups in total. The van der Waals surface area contributed by atoms with Gasteiger partial charge in [-0.15, -0.1) is 0 Å². The minimum atomic E-state index is -0.764. The fourth-order valence-corrected chi connectivity index (χ4v) is 2.18. The molecule has 0 aliphatic carbocycles. The van der Waals surface area contributed by atoms with Gasteiger partial charge in [-0.1, -0.05) is 34.8 Å². The Morgan fingerprint density at radius 3 is 2.62 bits per heavy atom. The molecule has 0 aromatic heterocycles. The summed E-state index contributed by atoms with van der Waals surface area (Å²) >= 11 is 17.6. The zero-order chi connectivity index (χ0) is 15.8. The molecule has 0 saturated carbocycles. The Bertz CT molecular complexity index is 512. The van der Waals surface area contributed by atoms with E-state index >= 15 is 0 Å². The molecule has 0 aliphatic rings. The Kier molecular flexibility index (Phi) is 7.82. The smallest absolute Gasteiger partial charge is 0.334 e. The van der Waals surface area contributed by atoms with Crippen LogP contribution in [0.5, 0.6) is 5.75 Å². The first-order valence-electron chi connectivity index (χ1n) is 6.26. The molecule has 1 aromatic rings. The second kappa shape index (κ2) is 9.10. The molecule has 0 saturated heterocycles. The summed E-state index contributed by atoms with van der Waals surface area (Å²) in [6.45, 7) is 0.515. The van der Waals surface area contributed by atoms with Crippen molar-refractivity contribution in [2.45, 2.75) is 25.3 Å². The lowest BCUT2D eigenvalue weighted by Gasteiger charge is -2.15. The van der Waals surface area contributed by atoms with Crippen LogP contribution in [0.4, 0.5) is 0 Å². The van der Waals surface area contributed by atoms with E-state index in [1.54, 1.807) is 0 Å². The summed E-state index contributed by atoms with van der Waals surface area (Å²) in [5, 5.41) is 2.81. The van der Waals surface area contributed by atoms with Gasteiger partial charge in [0.1, 0.15) is 11.1 Å². The highest BCUT2D eigenvalue weighted by Crippen LogP contribution is 2.37. The number of esters is 1. The van der Waals surface area contributed by atoms with E-state index in [0.29, 0.717) is 25.8 Å². The van der Waals surface area contributed by atoms with Gasteiger partial charge in [0.05, 0.1) is 10.0 Å². The molecule has 0 radical (unpaired) electrons. The number of ether oxygens (including phenoxy) is 1. The van der Waals surface area contributed by atoms with Crippen LogP contribution < -0.4 is 15.8 Å². The summed E-state index contributed by atoms with van der Waals surface area (Å²) in [7, 11) is 0. The first kappa shape index (κ1) is 18.0. The van der Waals surface area contributed by atoms with E-state index in [4.69, 9.17) is 45.3 Å².